The maximum absolute atomic E-state index is 3.82. The van der Waals surface area contributed by atoms with E-state index >= 15 is 0 Å². The maximum atomic E-state index is 3.82. The van der Waals surface area contributed by atoms with Crippen LogP contribution in [-0.4, -0.2) is 24.0 Å². The highest BCUT2D eigenvalue weighted by atomic mass is 15.1. The van der Waals surface area contributed by atoms with E-state index in [0.29, 0.717) is 12.1 Å². The Kier molecular flexibility index (Phi) is 5.47. The van der Waals surface area contributed by atoms with E-state index in [1.807, 2.05) is 0 Å². The largest absolute Gasteiger partial charge is 0.307 e. The Bertz CT molecular complexity index is 600. The van der Waals surface area contributed by atoms with Crippen LogP contribution in [0.2, 0.25) is 0 Å². The Morgan fingerprint density at radius 3 is 2.48 bits per heavy atom. The van der Waals surface area contributed by atoms with Crippen molar-refractivity contribution >= 4 is 0 Å². The minimum atomic E-state index is 0.431. The fraction of sp³-hybridized carbons (Fsp3) is 0.429. The van der Waals surface area contributed by atoms with Crippen molar-refractivity contribution in [1.29, 1.82) is 0 Å². The summed E-state index contributed by atoms with van der Waals surface area (Å²) in [6.07, 6.45) is 2.48. The standard InChI is InChI=1S/C21H28N2/c1-17-7-6-10-20(15-17)18(2)22-21-11-13-23(14-12-21)16-19-8-4-3-5-9-19/h3-10,15,18,21-22H,11-14,16H2,1-2H3/t18-/m1/s1. The van der Waals surface area contributed by atoms with Crippen molar-refractivity contribution in [3.63, 3.8) is 0 Å². The Morgan fingerprint density at radius 1 is 1.04 bits per heavy atom. The molecule has 1 saturated heterocycles. The van der Waals surface area contributed by atoms with Crippen molar-refractivity contribution in [2.45, 2.75) is 45.3 Å². The molecule has 2 nitrogen and oxygen atoms in total. The Morgan fingerprint density at radius 2 is 1.78 bits per heavy atom. The number of hydrogen-bond donors (Lipinski definition) is 1. The minimum Gasteiger partial charge on any atom is -0.307 e. The minimum absolute atomic E-state index is 0.431. The summed E-state index contributed by atoms with van der Waals surface area (Å²) in [5.41, 5.74) is 4.16. The smallest absolute Gasteiger partial charge is 0.0294 e. The molecule has 0 aromatic heterocycles. The highest BCUT2D eigenvalue weighted by Gasteiger charge is 2.20. The van der Waals surface area contributed by atoms with Gasteiger partial charge in [-0.3, -0.25) is 4.90 Å². The molecular formula is C21H28N2. The molecule has 1 aliphatic heterocycles. The molecule has 2 aromatic carbocycles. The average Bonchev–Trinajstić information content (AvgIpc) is 2.57. The van der Waals surface area contributed by atoms with Crippen LogP contribution in [0.25, 0.3) is 0 Å². The normalized spacial score (nSPS) is 18.0. The third-order valence-electron chi connectivity index (χ3n) is 4.86. The summed E-state index contributed by atoms with van der Waals surface area (Å²) in [6, 6.07) is 20.7. The van der Waals surface area contributed by atoms with Gasteiger partial charge in [-0.05, 0) is 50.9 Å². The van der Waals surface area contributed by atoms with Crippen LogP contribution < -0.4 is 5.32 Å². The second kappa shape index (κ2) is 7.76. The number of piperidine rings is 1. The number of aryl methyl sites for hydroxylation is 1. The molecule has 0 spiro atoms. The highest BCUT2D eigenvalue weighted by Crippen LogP contribution is 2.19. The number of nitrogens with one attached hydrogen (secondary N) is 1. The molecule has 0 aliphatic carbocycles. The first-order chi connectivity index (χ1) is 11.2. The van der Waals surface area contributed by atoms with Crippen LogP contribution in [0.15, 0.2) is 54.6 Å². The van der Waals surface area contributed by atoms with E-state index in [0.717, 1.165) is 6.54 Å². The van der Waals surface area contributed by atoms with E-state index in [9.17, 15) is 0 Å². The first kappa shape index (κ1) is 16.2. The van der Waals surface area contributed by atoms with E-state index in [1.165, 1.54) is 42.6 Å². The quantitative estimate of drug-likeness (QED) is 0.885. The van der Waals surface area contributed by atoms with Gasteiger partial charge in [0.1, 0.15) is 0 Å². The van der Waals surface area contributed by atoms with E-state index in [1.54, 1.807) is 0 Å². The number of hydrogen-bond acceptors (Lipinski definition) is 2. The summed E-state index contributed by atoms with van der Waals surface area (Å²) >= 11 is 0. The topological polar surface area (TPSA) is 15.3 Å². The molecule has 0 amide bonds. The highest BCUT2D eigenvalue weighted by molar-refractivity contribution is 5.24. The molecule has 1 aliphatic rings. The fourth-order valence-corrected chi connectivity index (χ4v) is 3.49. The summed E-state index contributed by atoms with van der Waals surface area (Å²) in [4.78, 5) is 2.57. The third-order valence-corrected chi connectivity index (χ3v) is 4.86. The van der Waals surface area contributed by atoms with Gasteiger partial charge < -0.3 is 5.32 Å². The van der Waals surface area contributed by atoms with Crippen LogP contribution in [0.1, 0.15) is 42.5 Å². The molecule has 23 heavy (non-hydrogen) atoms. The summed E-state index contributed by atoms with van der Waals surface area (Å²) < 4.78 is 0. The number of benzene rings is 2. The molecule has 1 atom stereocenters. The number of nitrogens with zero attached hydrogens (tertiary/aromatic N) is 1. The van der Waals surface area contributed by atoms with Crippen molar-refractivity contribution in [3.05, 3.63) is 71.3 Å². The molecular weight excluding hydrogens is 280 g/mol. The Labute approximate surface area is 140 Å². The van der Waals surface area contributed by atoms with Crippen molar-refractivity contribution in [3.8, 4) is 0 Å². The van der Waals surface area contributed by atoms with Crippen LogP contribution in [0.4, 0.5) is 0 Å². The van der Waals surface area contributed by atoms with Gasteiger partial charge >= 0.3 is 0 Å². The molecule has 3 rings (SSSR count). The first-order valence-electron chi connectivity index (χ1n) is 8.79. The summed E-state index contributed by atoms with van der Waals surface area (Å²) in [5, 5.41) is 3.82. The lowest BCUT2D eigenvalue weighted by molar-refractivity contribution is 0.185. The lowest BCUT2D eigenvalue weighted by atomic mass is 10.0. The average molecular weight is 308 g/mol. The Hall–Kier alpha value is -1.64. The molecule has 0 unspecified atom stereocenters. The molecule has 1 N–H and O–H groups in total. The van der Waals surface area contributed by atoms with Crippen LogP contribution in [0.5, 0.6) is 0 Å². The predicted octanol–water partition coefficient (Wildman–Crippen LogP) is 4.31. The second-order valence-electron chi connectivity index (χ2n) is 6.84. The summed E-state index contributed by atoms with van der Waals surface area (Å²) in [5.74, 6) is 0. The van der Waals surface area contributed by atoms with E-state index < -0.39 is 0 Å². The van der Waals surface area contributed by atoms with Gasteiger partial charge in [0, 0.05) is 18.6 Å². The van der Waals surface area contributed by atoms with E-state index in [2.05, 4.69) is 78.7 Å². The van der Waals surface area contributed by atoms with Crippen LogP contribution in [-0.2, 0) is 6.54 Å². The van der Waals surface area contributed by atoms with Gasteiger partial charge in [-0.25, -0.2) is 0 Å². The maximum Gasteiger partial charge on any atom is 0.0294 e. The SMILES string of the molecule is Cc1cccc([C@@H](C)NC2CCN(Cc3ccccc3)CC2)c1. The van der Waals surface area contributed by atoms with Gasteiger partial charge in [-0.15, -0.1) is 0 Å². The van der Waals surface area contributed by atoms with Gasteiger partial charge in [-0.2, -0.15) is 0 Å². The van der Waals surface area contributed by atoms with Crippen molar-refractivity contribution < 1.29 is 0 Å². The van der Waals surface area contributed by atoms with E-state index in [-0.39, 0.29) is 0 Å². The fourth-order valence-electron chi connectivity index (χ4n) is 3.49. The van der Waals surface area contributed by atoms with Crippen LogP contribution in [0.3, 0.4) is 0 Å². The zero-order valence-corrected chi connectivity index (χ0v) is 14.3. The van der Waals surface area contributed by atoms with Gasteiger partial charge in [0.05, 0.1) is 0 Å². The molecule has 2 heteroatoms. The molecule has 0 radical (unpaired) electrons. The van der Waals surface area contributed by atoms with Gasteiger partial charge in [-0.1, -0.05) is 60.2 Å². The van der Waals surface area contributed by atoms with Gasteiger partial charge in [0.2, 0.25) is 0 Å². The second-order valence-corrected chi connectivity index (χ2v) is 6.84. The third kappa shape index (κ3) is 4.66. The molecule has 2 aromatic rings. The monoisotopic (exact) mass is 308 g/mol. The molecule has 1 fully saturated rings. The predicted molar refractivity (Wildman–Crippen MR) is 97.5 cm³/mol. The van der Waals surface area contributed by atoms with Gasteiger partial charge in [0.15, 0.2) is 0 Å². The zero-order valence-electron chi connectivity index (χ0n) is 14.3. The first-order valence-corrected chi connectivity index (χ1v) is 8.79. The number of rotatable bonds is 5. The van der Waals surface area contributed by atoms with Crippen molar-refractivity contribution in [1.82, 2.24) is 10.2 Å². The molecule has 0 saturated carbocycles. The molecule has 122 valence electrons. The molecule has 0 bridgehead atoms. The zero-order chi connectivity index (χ0) is 16.1. The summed E-state index contributed by atoms with van der Waals surface area (Å²) in [7, 11) is 0. The lowest BCUT2D eigenvalue weighted by Crippen LogP contribution is -2.42. The van der Waals surface area contributed by atoms with Gasteiger partial charge in [0.25, 0.3) is 0 Å². The summed E-state index contributed by atoms with van der Waals surface area (Å²) in [6.45, 7) is 7.91. The van der Waals surface area contributed by atoms with Crippen molar-refractivity contribution in [2.24, 2.45) is 0 Å². The Balaban J connectivity index is 1.47. The van der Waals surface area contributed by atoms with Crippen LogP contribution in [0, 0.1) is 6.92 Å². The van der Waals surface area contributed by atoms with Crippen LogP contribution >= 0.6 is 0 Å². The lowest BCUT2D eigenvalue weighted by Gasteiger charge is -2.34. The van der Waals surface area contributed by atoms with E-state index in [4.69, 9.17) is 0 Å². The number of likely N-dealkylation sites (tertiary alicyclic amines) is 1. The van der Waals surface area contributed by atoms with Crippen molar-refractivity contribution in [2.75, 3.05) is 13.1 Å². The molecule has 1 heterocycles.